The standard InChI is InChI=1S/C9H18N6O/c1-14(2)4-6-3-7(16)5-15(6)9-11-8(10)12-13-9/h6-7,16H,3-5H2,1-2H3,(H3,10,11,12,13). The van der Waals surface area contributed by atoms with Crippen LogP contribution in [0.5, 0.6) is 0 Å². The molecule has 0 aliphatic carbocycles. The normalized spacial score (nSPS) is 25.6. The Kier molecular flexibility index (Phi) is 2.97. The molecule has 0 amide bonds. The molecular formula is C9H18N6O. The second kappa shape index (κ2) is 4.26. The Bertz CT molecular complexity index is 352. The molecule has 7 heteroatoms. The predicted octanol–water partition coefficient (Wildman–Crippen LogP) is -1.11. The van der Waals surface area contributed by atoms with Gasteiger partial charge in [0.2, 0.25) is 11.9 Å². The number of aliphatic hydroxyl groups is 1. The highest BCUT2D eigenvalue weighted by atomic mass is 16.3. The summed E-state index contributed by atoms with van der Waals surface area (Å²) in [6.07, 6.45) is 0.428. The number of nitrogens with two attached hydrogens (primary N) is 1. The van der Waals surface area contributed by atoms with Crippen LogP contribution in [0.3, 0.4) is 0 Å². The smallest absolute Gasteiger partial charge is 0.246 e. The molecule has 90 valence electrons. The van der Waals surface area contributed by atoms with Gasteiger partial charge in [-0.25, -0.2) is 5.10 Å². The minimum atomic E-state index is -0.315. The van der Waals surface area contributed by atoms with Gasteiger partial charge >= 0.3 is 0 Å². The molecule has 0 saturated carbocycles. The molecule has 2 heterocycles. The number of nitrogen functional groups attached to an aromatic ring is 1. The van der Waals surface area contributed by atoms with E-state index in [1.165, 1.54) is 0 Å². The Labute approximate surface area is 94.3 Å². The van der Waals surface area contributed by atoms with Crippen molar-refractivity contribution in [1.82, 2.24) is 20.1 Å². The maximum Gasteiger partial charge on any atom is 0.246 e. The molecule has 2 rings (SSSR count). The summed E-state index contributed by atoms with van der Waals surface area (Å²) in [6, 6.07) is 0.236. The summed E-state index contributed by atoms with van der Waals surface area (Å²) in [5, 5.41) is 16.3. The SMILES string of the molecule is CN(C)CC1CC(O)CN1c1n[nH]c(N)n1. The monoisotopic (exact) mass is 226 g/mol. The van der Waals surface area contributed by atoms with Crippen LogP contribution in [0.4, 0.5) is 11.9 Å². The molecule has 0 radical (unpaired) electrons. The third-order valence-electron chi connectivity index (χ3n) is 2.72. The molecule has 1 saturated heterocycles. The molecule has 2 unspecified atom stereocenters. The number of rotatable bonds is 3. The van der Waals surface area contributed by atoms with Gasteiger partial charge in [-0.05, 0) is 20.5 Å². The third kappa shape index (κ3) is 2.25. The number of anilines is 2. The Morgan fingerprint density at radius 2 is 2.38 bits per heavy atom. The van der Waals surface area contributed by atoms with E-state index < -0.39 is 0 Å². The van der Waals surface area contributed by atoms with Crippen LogP contribution in [0.15, 0.2) is 0 Å². The number of hydrogen-bond donors (Lipinski definition) is 3. The molecule has 1 aliphatic rings. The van der Waals surface area contributed by atoms with Gasteiger partial charge in [0.1, 0.15) is 0 Å². The average Bonchev–Trinajstić information content (AvgIpc) is 2.72. The van der Waals surface area contributed by atoms with Crippen molar-refractivity contribution in [3.8, 4) is 0 Å². The molecule has 4 N–H and O–H groups in total. The van der Waals surface area contributed by atoms with Crippen molar-refractivity contribution in [1.29, 1.82) is 0 Å². The highest BCUT2D eigenvalue weighted by molar-refractivity contribution is 5.37. The van der Waals surface area contributed by atoms with E-state index in [1.54, 1.807) is 0 Å². The summed E-state index contributed by atoms with van der Waals surface area (Å²) in [5.41, 5.74) is 5.50. The lowest BCUT2D eigenvalue weighted by atomic mass is 10.2. The summed E-state index contributed by atoms with van der Waals surface area (Å²) < 4.78 is 0. The fourth-order valence-corrected chi connectivity index (χ4v) is 2.12. The van der Waals surface area contributed by atoms with Gasteiger partial charge in [0, 0.05) is 19.1 Å². The Balaban J connectivity index is 2.12. The van der Waals surface area contributed by atoms with Crippen LogP contribution < -0.4 is 10.6 Å². The van der Waals surface area contributed by atoms with E-state index in [1.807, 2.05) is 19.0 Å². The number of aromatic nitrogens is 3. The maximum absolute atomic E-state index is 9.69. The first kappa shape index (κ1) is 11.2. The molecule has 1 aliphatic heterocycles. The predicted molar refractivity (Wildman–Crippen MR) is 61.1 cm³/mol. The molecule has 1 aromatic rings. The van der Waals surface area contributed by atoms with Gasteiger partial charge in [-0.1, -0.05) is 0 Å². The molecule has 0 bridgehead atoms. The molecule has 1 aromatic heterocycles. The molecule has 0 spiro atoms. The lowest BCUT2D eigenvalue weighted by Gasteiger charge is -2.25. The van der Waals surface area contributed by atoms with E-state index in [9.17, 15) is 5.11 Å². The largest absolute Gasteiger partial charge is 0.391 e. The van der Waals surface area contributed by atoms with Crippen molar-refractivity contribution in [3.05, 3.63) is 0 Å². The van der Waals surface area contributed by atoms with Crippen LogP contribution in [0.25, 0.3) is 0 Å². The van der Waals surface area contributed by atoms with Crippen LogP contribution in [-0.2, 0) is 0 Å². The van der Waals surface area contributed by atoms with Gasteiger partial charge in [0.25, 0.3) is 0 Å². The van der Waals surface area contributed by atoms with E-state index in [2.05, 4.69) is 20.1 Å². The van der Waals surface area contributed by atoms with Crippen LogP contribution in [0, 0.1) is 0 Å². The first-order valence-corrected chi connectivity index (χ1v) is 5.33. The second-order valence-corrected chi connectivity index (χ2v) is 4.48. The van der Waals surface area contributed by atoms with Gasteiger partial charge in [-0.3, -0.25) is 0 Å². The van der Waals surface area contributed by atoms with E-state index >= 15 is 0 Å². The topological polar surface area (TPSA) is 94.3 Å². The number of β-amino-alcohol motifs (C(OH)–C–C–N with tert-alkyl or cyclic N) is 1. The molecular weight excluding hydrogens is 208 g/mol. The summed E-state index contributed by atoms with van der Waals surface area (Å²) in [5.74, 6) is 0.876. The van der Waals surface area contributed by atoms with Crippen molar-refractivity contribution < 1.29 is 5.11 Å². The third-order valence-corrected chi connectivity index (χ3v) is 2.72. The number of nitrogens with zero attached hydrogens (tertiary/aromatic N) is 4. The number of nitrogens with one attached hydrogen (secondary N) is 1. The average molecular weight is 226 g/mol. The van der Waals surface area contributed by atoms with Crippen LogP contribution in [0.2, 0.25) is 0 Å². The molecule has 1 fully saturated rings. The highest BCUT2D eigenvalue weighted by Crippen LogP contribution is 2.23. The van der Waals surface area contributed by atoms with E-state index in [0.29, 0.717) is 18.4 Å². The number of hydrogen-bond acceptors (Lipinski definition) is 6. The van der Waals surface area contributed by atoms with Crippen LogP contribution in [-0.4, -0.2) is 64.5 Å². The summed E-state index contributed by atoms with van der Waals surface area (Å²) in [7, 11) is 4.02. The maximum atomic E-state index is 9.69. The minimum Gasteiger partial charge on any atom is -0.391 e. The Morgan fingerprint density at radius 3 is 2.94 bits per heavy atom. The molecule has 7 nitrogen and oxygen atoms in total. The zero-order valence-corrected chi connectivity index (χ0v) is 9.59. The fraction of sp³-hybridized carbons (Fsp3) is 0.778. The van der Waals surface area contributed by atoms with Crippen molar-refractivity contribution in [3.63, 3.8) is 0 Å². The van der Waals surface area contributed by atoms with Gasteiger partial charge in [-0.15, -0.1) is 5.10 Å². The molecule has 0 aromatic carbocycles. The minimum absolute atomic E-state index is 0.236. The Morgan fingerprint density at radius 1 is 1.62 bits per heavy atom. The molecule has 2 atom stereocenters. The zero-order valence-electron chi connectivity index (χ0n) is 9.59. The summed E-state index contributed by atoms with van der Waals surface area (Å²) >= 11 is 0. The van der Waals surface area contributed by atoms with Gasteiger partial charge in [0.15, 0.2) is 0 Å². The first-order valence-electron chi connectivity index (χ1n) is 5.33. The highest BCUT2D eigenvalue weighted by Gasteiger charge is 2.33. The van der Waals surface area contributed by atoms with Crippen molar-refractivity contribution in [2.75, 3.05) is 37.8 Å². The number of likely N-dealkylation sites (N-methyl/N-ethyl adjacent to an activating group) is 1. The summed E-state index contributed by atoms with van der Waals surface area (Å²) in [6.45, 7) is 1.43. The van der Waals surface area contributed by atoms with Crippen molar-refractivity contribution in [2.24, 2.45) is 0 Å². The van der Waals surface area contributed by atoms with E-state index in [-0.39, 0.29) is 12.1 Å². The first-order chi connectivity index (χ1) is 7.56. The fourth-order valence-electron chi connectivity index (χ4n) is 2.12. The van der Waals surface area contributed by atoms with E-state index in [0.717, 1.165) is 13.0 Å². The second-order valence-electron chi connectivity index (χ2n) is 4.48. The Hall–Kier alpha value is -1.34. The van der Waals surface area contributed by atoms with Crippen molar-refractivity contribution in [2.45, 2.75) is 18.6 Å². The quantitative estimate of drug-likeness (QED) is 0.605. The summed E-state index contributed by atoms with van der Waals surface area (Å²) in [4.78, 5) is 8.18. The number of aromatic amines is 1. The van der Waals surface area contributed by atoms with Gasteiger partial charge in [0.05, 0.1) is 6.10 Å². The lowest BCUT2D eigenvalue weighted by molar-refractivity contribution is 0.191. The zero-order chi connectivity index (χ0) is 11.7. The van der Waals surface area contributed by atoms with Gasteiger partial charge < -0.3 is 20.6 Å². The van der Waals surface area contributed by atoms with Crippen molar-refractivity contribution >= 4 is 11.9 Å². The van der Waals surface area contributed by atoms with Crippen LogP contribution >= 0.6 is 0 Å². The lowest BCUT2D eigenvalue weighted by Crippen LogP contribution is -2.38. The van der Waals surface area contributed by atoms with E-state index in [4.69, 9.17) is 5.73 Å². The number of aliphatic hydroxyl groups excluding tert-OH is 1. The molecule has 16 heavy (non-hydrogen) atoms. The number of H-pyrrole nitrogens is 1. The van der Waals surface area contributed by atoms with Gasteiger partial charge in [-0.2, -0.15) is 4.98 Å². The van der Waals surface area contributed by atoms with Crippen LogP contribution in [0.1, 0.15) is 6.42 Å².